The zero-order valence-corrected chi connectivity index (χ0v) is 19.6. The van der Waals surface area contributed by atoms with Gasteiger partial charge in [-0.15, -0.1) is 10.2 Å². The Morgan fingerprint density at radius 2 is 1.94 bits per heavy atom. The minimum atomic E-state index is -0.361. The first-order valence-electron chi connectivity index (χ1n) is 10.6. The number of hydrogen-bond donors (Lipinski definition) is 1. The van der Waals surface area contributed by atoms with E-state index in [1.54, 1.807) is 29.2 Å². The summed E-state index contributed by atoms with van der Waals surface area (Å²) < 4.78 is 15.0. The molecule has 0 aliphatic carbocycles. The van der Waals surface area contributed by atoms with Gasteiger partial charge in [-0.3, -0.25) is 9.59 Å². The van der Waals surface area contributed by atoms with E-state index in [0.29, 0.717) is 40.3 Å². The number of carbonyl (C=O) groups is 2. The van der Waals surface area contributed by atoms with Gasteiger partial charge in [0, 0.05) is 18.8 Å². The van der Waals surface area contributed by atoms with Gasteiger partial charge in [-0.2, -0.15) is 0 Å². The topological polar surface area (TPSA) is 80.1 Å². The smallest absolute Gasteiger partial charge is 0.255 e. The van der Waals surface area contributed by atoms with Gasteiger partial charge < -0.3 is 14.8 Å². The van der Waals surface area contributed by atoms with E-state index in [1.165, 1.54) is 36.0 Å². The maximum absolute atomic E-state index is 13.2. The lowest BCUT2D eigenvalue weighted by Gasteiger charge is -2.25. The Labute approximate surface area is 200 Å². The molecule has 172 valence electrons. The second-order valence-electron chi connectivity index (χ2n) is 7.57. The second-order valence-corrected chi connectivity index (χ2v) is 8.91. The molecule has 1 N–H and O–H groups in total. The van der Waals surface area contributed by atoms with Crippen LogP contribution in [0.25, 0.3) is 0 Å². The molecule has 0 bridgehead atoms. The second kappa shape index (κ2) is 10.4. The van der Waals surface area contributed by atoms with E-state index in [9.17, 15) is 14.0 Å². The lowest BCUT2D eigenvalue weighted by atomic mass is 10.1. The lowest BCUT2D eigenvalue weighted by molar-refractivity contribution is -0.113. The van der Waals surface area contributed by atoms with Gasteiger partial charge in [0.2, 0.25) is 5.91 Å². The number of halogens is 2. The van der Waals surface area contributed by atoms with Crippen molar-refractivity contribution in [1.29, 1.82) is 0 Å². The molecule has 1 aliphatic rings. The van der Waals surface area contributed by atoms with Gasteiger partial charge in [-0.25, -0.2) is 4.39 Å². The molecule has 0 saturated carbocycles. The van der Waals surface area contributed by atoms with E-state index in [4.69, 9.17) is 11.6 Å². The standard InChI is InChI=1S/C23H23ClFN5O2S/c1-2-29-21(19-8-5-13-30(19)22(32)17-6-3-4-7-18(17)24)27-28-23(29)33-14-20(31)26-16-11-9-15(25)10-12-16/h3-4,6-7,9-12,19H,2,5,8,13-14H2,1H3,(H,26,31). The average molecular weight is 488 g/mol. The highest BCUT2D eigenvalue weighted by Gasteiger charge is 2.35. The van der Waals surface area contributed by atoms with E-state index >= 15 is 0 Å². The number of likely N-dealkylation sites (tertiary alicyclic amines) is 1. The van der Waals surface area contributed by atoms with Crippen LogP contribution in [0.3, 0.4) is 0 Å². The molecule has 0 spiro atoms. The molecule has 2 amide bonds. The number of benzene rings is 2. The van der Waals surface area contributed by atoms with Crippen molar-refractivity contribution in [3.8, 4) is 0 Å². The van der Waals surface area contributed by atoms with Crippen LogP contribution in [0, 0.1) is 5.82 Å². The molecule has 2 heterocycles. The molecule has 1 unspecified atom stereocenters. The maximum Gasteiger partial charge on any atom is 0.255 e. The largest absolute Gasteiger partial charge is 0.328 e. The van der Waals surface area contributed by atoms with E-state index in [2.05, 4.69) is 15.5 Å². The van der Waals surface area contributed by atoms with Crippen LogP contribution in [-0.2, 0) is 11.3 Å². The van der Waals surface area contributed by atoms with Crippen LogP contribution in [0.15, 0.2) is 53.7 Å². The van der Waals surface area contributed by atoms with Crippen LogP contribution in [0.1, 0.15) is 42.0 Å². The average Bonchev–Trinajstić information content (AvgIpc) is 3.45. The lowest BCUT2D eigenvalue weighted by Crippen LogP contribution is -2.32. The normalized spacial score (nSPS) is 15.6. The number of carbonyl (C=O) groups excluding carboxylic acids is 2. The van der Waals surface area contributed by atoms with Gasteiger partial charge in [-0.05, 0) is 56.2 Å². The monoisotopic (exact) mass is 487 g/mol. The Kier molecular flexibility index (Phi) is 7.29. The number of amides is 2. The summed E-state index contributed by atoms with van der Waals surface area (Å²) in [6, 6.07) is 12.4. The quantitative estimate of drug-likeness (QED) is 0.484. The third-order valence-electron chi connectivity index (χ3n) is 5.44. The first-order chi connectivity index (χ1) is 16.0. The highest BCUT2D eigenvalue weighted by molar-refractivity contribution is 7.99. The Bertz CT molecular complexity index is 1150. The first-order valence-corrected chi connectivity index (χ1v) is 12.0. The number of hydrogen-bond acceptors (Lipinski definition) is 5. The summed E-state index contributed by atoms with van der Waals surface area (Å²) in [6.45, 7) is 3.20. The SMILES string of the molecule is CCn1c(SCC(=O)Nc2ccc(F)cc2)nnc1C1CCCN1C(=O)c1ccccc1Cl. The molecular formula is C23H23ClFN5O2S. The molecule has 1 aliphatic heterocycles. The molecule has 0 radical (unpaired) electrons. The van der Waals surface area contributed by atoms with Crippen LogP contribution < -0.4 is 5.32 Å². The summed E-state index contributed by atoms with van der Waals surface area (Å²) in [4.78, 5) is 27.3. The van der Waals surface area contributed by atoms with Crippen LogP contribution in [-0.4, -0.2) is 43.8 Å². The predicted molar refractivity (Wildman–Crippen MR) is 126 cm³/mol. The van der Waals surface area contributed by atoms with E-state index in [0.717, 1.165) is 12.8 Å². The van der Waals surface area contributed by atoms with Gasteiger partial charge >= 0.3 is 0 Å². The van der Waals surface area contributed by atoms with Crippen molar-refractivity contribution in [2.45, 2.75) is 37.5 Å². The molecule has 3 aromatic rings. The third kappa shape index (κ3) is 5.20. The number of anilines is 1. The number of rotatable bonds is 7. The Hall–Kier alpha value is -2.91. The van der Waals surface area contributed by atoms with Crippen LogP contribution in [0.5, 0.6) is 0 Å². The molecule has 10 heteroatoms. The van der Waals surface area contributed by atoms with Gasteiger partial charge in [0.25, 0.3) is 5.91 Å². The van der Waals surface area contributed by atoms with Gasteiger partial charge in [-0.1, -0.05) is 35.5 Å². The number of nitrogens with one attached hydrogen (secondary N) is 1. The van der Waals surface area contributed by atoms with Gasteiger partial charge in [0.1, 0.15) is 5.82 Å². The Balaban J connectivity index is 1.46. The number of aromatic nitrogens is 3. The summed E-state index contributed by atoms with van der Waals surface area (Å²) in [6.07, 6.45) is 1.64. The molecule has 1 saturated heterocycles. The first kappa shape index (κ1) is 23.3. The maximum atomic E-state index is 13.2. The zero-order valence-electron chi connectivity index (χ0n) is 18.0. The third-order valence-corrected chi connectivity index (χ3v) is 6.73. The zero-order chi connectivity index (χ0) is 23.4. The number of nitrogens with zero attached hydrogens (tertiary/aromatic N) is 4. The minimum absolute atomic E-state index is 0.123. The molecule has 2 aromatic carbocycles. The van der Waals surface area contributed by atoms with Crippen molar-refractivity contribution in [2.24, 2.45) is 0 Å². The van der Waals surface area contributed by atoms with Crippen molar-refractivity contribution >= 4 is 40.9 Å². The van der Waals surface area contributed by atoms with Crippen molar-refractivity contribution in [1.82, 2.24) is 19.7 Å². The fourth-order valence-electron chi connectivity index (χ4n) is 3.88. The van der Waals surface area contributed by atoms with E-state index < -0.39 is 0 Å². The summed E-state index contributed by atoms with van der Waals surface area (Å²) in [7, 11) is 0. The van der Waals surface area contributed by atoms with Crippen molar-refractivity contribution in [3.63, 3.8) is 0 Å². The van der Waals surface area contributed by atoms with E-state index in [1.807, 2.05) is 11.5 Å². The summed E-state index contributed by atoms with van der Waals surface area (Å²) >= 11 is 7.52. The molecule has 1 atom stereocenters. The molecular weight excluding hydrogens is 465 g/mol. The summed E-state index contributed by atoms with van der Waals surface area (Å²) in [5.74, 6) is 0.122. The van der Waals surface area contributed by atoms with Crippen LogP contribution in [0.2, 0.25) is 5.02 Å². The van der Waals surface area contributed by atoms with Gasteiger partial charge in [0.15, 0.2) is 11.0 Å². The van der Waals surface area contributed by atoms with Crippen molar-refractivity contribution in [2.75, 3.05) is 17.6 Å². The fourth-order valence-corrected chi connectivity index (χ4v) is 4.90. The van der Waals surface area contributed by atoms with Crippen LogP contribution >= 0.6 is 23.4 Å². The molecule has 1 fully saturated rings. The highest BCUT2D eigenvalue weighted by atomic mass is 35.5. The van der Waals surface area contributed by atoms with E-state index in [-0.39, 0.29) is 29.4 Å². The summed E-state index contributed by atoms with van der Waals surface area (Å²) in [5.41, 5.74) is 1.00. The molecule has 1 aromatic heterocycles. The van der Waals surface area contributed by atoms with Crippen molar-refractivity contribution in [3.05, 3.63) is 70.8 Å². The minimum Gasteiger partial charge on any atom is -0.328 e. The molecule has 33 heavy (non-hydrogen) atoms. The summed E-state index contributed by atoms with van der Waals surface area (Å²) in [5, 5.41) is 12.4. The highest BCUT2D eigenvalue weighted by Crippen LogP contribution is 2.34. The Morgan fingerprint density at radius 3 is 2.67 bits per heavy atom. The molecule has 4 rings (SSSR count). The van der Waals surface area contributed by atoms with Crippen molar-refractivity contribution < 1.29 is 14.0 Å². The van der Waals surface area contributed by atoms with Crippen LogP contribution in [0.4, 0.5) is 10.1 Å². The fraction of sp³-hybridized carbons (Fsp3) is 0.304. The molecule has 7 nitrogen and oxygen atoms in total. The Morgan fingerprint density at radius 1 is 1.18 bits per heavy atom. The number of thioether (sulfide) groups is 1. The predicted octanol–water partition coefficient (Wildman–Crippen LogP) is 4.80. The van der Waals surface area contributed by atoms with Gasteiger partial charge in [0.05, 0.1) is 22.4 Å².